The van der Waals surface area contributed by atoms with E-state index in [1.54, 1.807) is 24.3 Å². The van der Waals surface area contributed by atoms with Crippen LogP contribution >= 0.6 is 39.3 Å². The van der Waals surface area contributed by atoms with Gasteiger partial charge in [-0.3, -0.25) is 19.3 Å². The third-order valence-corrected chi connectivity index (χ3v) is 7.09. The molecule has 1 aliphatic rings. The van der Waals surface area contributed by atoms with E-state index in [1.165, 1.54) is 0 Å². The van der Waals surface area contributed by atoms with Crippen LogP contribution in [-0.2, 0) is 16.1 Å². The van der Waals surface area contributed by atoms with Crippen LogP contribution in [0.1, 0.15) is 18.9 Å². The maximum Gasteiger partial charge on any atom is 0.294 e. The molecular formula is C23H19BrClN3O3S. The number of halogens is 2. The number of aromatic nitrogens is 1. The van der Waals surface area contributed by atoms with E-state index in [2.05, 4.69) is 32.7 Å². The van der Waals surface area contributed by atoms with Gasteiger partial charge in [0.25, 0.3) is 11.1 Å². The van der Waals surface area contributed by atoms with Gasteiger partial charge in [-0.2, -0.15) is 0 Å². The summed E-state index contributed by atoms with van der Waals surface area (Å²) >= 11 is 10.2. The summed E-state index contributed by atoms with van der Waals surface area (Å²) in [4.78, 5) is 39.0. The highest BCUT2D eigenvalue weighted by Gasteiger charge is 2.36. The van der Waals surface area contributed by atoms with Crippen molar-refractivity contribution in [3.05, 3.63) is 68.6 Å². The molecule has 2 aromatic carbocycles. The van der Waals surface area contributed by atoms with Crippen LogP contribution in [0.5, 0.6) is 0 Å². The van der Waals surface area contributed by atoms with E-state index < -0.39 is 17.1 Å². The Morgan fingerprint density at radius 3 is 2.75 bits per heavy atom. The maximum atomic E-state index is 12.9. The molecule has 3 amide bonds. The molecule has 1 N–H and O–H groups in total. The fourth-order valence-corrected chi connectivity index (χ4v) is 4.77. The van der Waals surface area contributed by atoms with Crippen molar-refractivity contribution in [2.75, 3.05) is 11.9 Å². The number of para-hydroxylation sites is 1. The molecule has 0 aliphatic carbocycles. The highest BCUT2D eigenvalue weighted by molar-refractivity contribution is 9.10. The SMILES string of the molecule is CCCn1cc(/C=C2\SC(=O)N(CC(=O)Nc3ccc(Br)c(Cl)c3)C2=O)c2ccccc21. The topological polar surface area (TPSA) is 71.4 Å². The van der Waals surface area contributed by atoms with Gasteiger partial charge in [0, 0.05) is 39.4 Å². The van der Waals surface area contributed by atoms with Gasteiger partial charge in [0.15, 0.2) is 0 Å². The number of aryl methyl sites for hydroxylation is 1. The zero-order valence-corrected chi connectivity index (χ0v) is 20.3. The van der Waals surface area contributed by atoms with Crippen LogP contribution in [0.25, 0.3) is 17.0 Å². The van der Waals surface area contributed by atoms with E-state index in [-0.39, 0.29) is 6.54 Å². The molecule has 0 saturated carbocycles. The summed E-state index contributed by atoms with van der Waals surface area (Å²) in [7, 11) is 0. The average Bonchev–Trinajstić information content (AvgIpc) is 3.23. The second-order valence-electron chi connectivity index (χ2n) is 7.24. The molecule has 9 heteroatoms. The van der Waals surface area contributed by atoms with Crippen LogP contribution in [0, 0.1) is 0 Å². The first-order chi connectivity index (χ1) is 15.4. The third-order valence-electron chi connectivity index (χ3n) is 4.95. The molecule has 1 aromatic heterocycles. The number of amides is 3. The lowest BCUT2D eigenvalue weighted by atomic mass is 10.1. The minimum atomic E-state index is -0.480. The maximum absolute atomic E-state index is 12.9. The van der Waals surface area contributed by atoms with Crippen molar-refractivity contribution in [3.8, 4) is 0 Å². The zero-order chi connectivity index (χ0) is 22.8. The lowest BCUT2D eigenvalue weighted by molar-refractivity contribution is -0.127. The lowest BCUT2D eigenvalue weighted by Crippen LogP contribution is -2.36. The number of fused-ring (bicyclic) bond motifs is 1. The van der Waals surface area contributed by atoms with Gasteiger partial charge in [0.1, 0.15) is 6.54 Å². The van der Waals surface area contributed by atoms with Crippen LogP contribution in [0.15, 0.2) is 58.0 Å². The third kappa shape index (κ3) is 4.62. The molecule has 32 heavy (non-hydrogen) atoms. The Bertz CT molecular complexity index is 1270. The number of nitrogens with zero attached hydrogens (tertiary/aromatic N) is 2. The minimum absolute atomic E-state index is 0.300. The first-order valence-electron chi connectivity index (χ1n) is 9.95. The molecule has 1 saturated heterocycles. The van der Waals surface area contributed by atoms with E-state index in [4.69, 9.17) is 11.6 Å². The second-order valence-corrected chi connectivity index (χ2v) is 9.49. The Morgan fingerprint density at radius 1 is 1.22 bits per heavy atom. The van der Waals surface area contributed by atoms with Crippen molar-refractivity contribution < 1.29 is 14.4 Å². The van der Waals surface area contributed by atoms with E-state index in [0.717, 1.165) is 46.1 Å². The lowest BCUT2D eigenvalue weighted by Gasteiger charge is -2.12. The summed E-state index contributed by atoms with van der Waals surface area (Å²) in [5.74, 6) is -0.956. The number of hydrogen-bond donors (Lipinski definition) is 1. The van der Waals surface area contributed by atoms with E-state index in [1.807, 2.05) is 30.5 Å². The Hall–Kier alpha value is -2.55. The number of anilines is 1. The van der Waals surface area contributed by atoms with Gasteiger partial charge in [-0.15, -0.1) is 0 Å². The van der Waals surface area contributed by atoms with E-state index in [0.29, 0.717) is 20.1 Å². The first kappa shape index (κ1) is 22.6. The van der Waals surface area contributed by atoms with Gasteiger partial charge in [0.05, 0.1) is 9.93 Å². The van der Waals surface area contributed by atoms with Crippen LogP contribution in [-0.4, -0.2) is 33.1 Å². The molecule has 1 aliphatic heterocycles. The van der Waals surface area contributed by atoms with Crippen LogP contribution in [0.2, 0.25) is 5.02 Å². The molecule has 2 heterocycles. The summed E-state index contributed by atoms with van der Waals surface area (Å²) in [6.07, 6.45) is 4.70. The van der Waals surface area contributed by atoms with Crippen molar-refractivity contribution in [1.82, 2.24) is 9.47 Å². The van der Waals surface area contributed by atoms with Crippen LogP contribution in [0.3, 0.4) is 0 Å². The van der Waals surface area contributed by atoms with Crippen molar-refractivity contribution in [3.63, 3.8) is 0 Å². The van der Waals surface area contributed by atoms with Crippen LogP contribution in [0.4, 0.5) is 10.5 Å². The largest absolute Gasteiger partial charge is 0.347 e. The van der Waals surface area contributed by atoms with Gasteiger partial charge in [-0.25, -0.2) is 0 Å². The number of imide groups is 1. The van der Waals surface area contributed by atoms with E-state index >= 15 is 0 Å². The van der Waals surface area contributed by atoms with Crippen molar-refractivity contribution >= 4 is 79.0 Å². The minimum Gasteiger partial charge on any atom is -0.347 e. The first-order valence-corrected chi connectivity index (χ1v) is 11.9. The van der Waals surface area contributed by atoms with Gasteiger partial charge >= 0.3 is 0 Å². The zero-order valence-electron chi connectivity index (χ0n) is 17.1. The van der Waals surface area contributed by atoms with Gasteiger partial charge < -0.3 is 9.88 Å². The number of thioether (sulfide) groups is 1. The Labute approximate surface area is 202 Å². The molecule has 3 aromatic rings. The summed E-state index contributed by atoms with van der Waals surface area (Å²) in [6, 6.07) is 12.9. The quantitative estimate of drug-likeness (QED) is 0.387. The van der Waals surface area contributed by atoms with Gasteiger partial charge in [-0.05, 0) is 64.5 Å². The Kier molecular flexibility index (Phi) is 6.74. The number of benzene rings is 2. The molecule has 4 rings (SSSR count). The number of nitrogens with one attached hydrogen (secondary N) is 1. The number of carbonyl (C=O) groups excluding carboxylic acids is 3. The molecule has 0 atom stereocenters. The number of carbonyl (C=O) groups is 3. The molecule has 0 radical (unpaired) electrons. The molecule has 6 nitrogen and oxygen atoms in total. The fourth-order valence-electron chi connectivity index (χ4n) is 3.51. The molecule has 164 valence electrons. The van der Waals surface area contributed by atoms with Gasteiger partial charge in [-0.1, -0.05) is 36.7 Å². The molecule has 1 fully saturated rings. The summed E-state index contributed by atoms with van der Waals surface area (Å²) in [6.45, 7) is 2.59. The molecule has 0 unspecified atom stereocenters. The van der Waals surface area contributed by atoms with Crippen molar-refractivity contribution in [2.45, 2.75) is 19.9 Å². The molecule has 0 spiro atoms. The average molecular weight is 533 g/mol. The fraction of sp³-hybridized carbons (Fsp3) is 0.174. The van der Waals surface area contributed by atoms with Gasteiger partial charge in [0.2, 0.25) is 5.91 Å². The summed E-state index contributed by atoms with van der Waals surface area (Å²) in [5.41, 5.74) is 2.43. The Morgan fingerprint density at radius 2 is 2.00 bits per heavy atom. The number of rotatable bonds is 6. The monoisotopic (exact) mass is 531 g/mol. The number of hydrogen-bond acceptors (Lipinski definition) is 4. The molecule has 0 bridgehead atoms. The highest BCUT2D eigenvalue weighted by Crippen LogP contribution is 2.34. The summed E-state index contributed by atoms with van der Waals surface area (Å²) < 4.78 is 2.84. The summed E-state index contributed by atoms with van der Waals surface area (Å²) in [5, 5.41) is 3.65. The second kappa shape index (κ2) is 9.52. The molecular weight excluding hydrogens is 514 g/mol. The Balaban J connectivity index is 1.53. The smallest absolute Gasteiger partial charge is 0.294 e. The predicted molar refractivity (Wildman–Crippen MR) is 133 cm³/mol. The standard InChI is InChI=1S/C23H19BrClN3O3S/c1-2-9-27-12-14(16-5-3-4-6-19(16)27)10-20-22(30)28(23(31)32-20)13-21(29)26-15-7-8-17(24)18(25)11-15/h3-8,10-12H,2,9,13H2,1H3,(H,26,29)/b20-10-. The van der Waals surface area contributed by atoms with Crippen molar-refractivity contribution in [2.24, 2.45) is 0 Å². The highest BCUT2D eigenvalue weighted by atomic mass is 79.9. The predicted octanol–water partition coefficient (Wildman–Crippen LogP) is 6.14. The van der Waals surface area contributed by atoms with E-state index in [9.17, 15) is 14.4 Å². The van der Waals surface area contributed by atoms with Crippen molar-refractivity contribution in [1.29, 1.82) is 0 Å². The normalized spacial score (nSPS) is 15.2. The van der Waals surface area contributed by atoms with Crippen LogP contribution < -0.4 is 5.32 Å².